The van der Waals surface area contributed by atoms with E-state index in [9.17, 15) is 9.90 Å². The number of aromatic amines is 1. The molecule has 31 heavy (non-hydrogen) atoms. The summed E-state index contributed by atoms with van der Waals surface area (Å²) in [5.74, 6) is -0.275. The van der Waals surface area contributed by atoms with Crippen LogP contribution in [0.1, 0.15) is 64.6 Å². The van der Waals surface area contributed by atoms with Gasteiger partial charge in [-0.25, -0.2) is 0 Å². The van der Waals surface area contributed by atoms with Crippen LogP contribution in [0, 0.1) is 0 Å². The number of hydrogen-bond acceptors (Lipinski definition) is 3. The Morgan fingerprint density at radius 3 is 2.71 bits per heavy atom. The van der Waals surface area contributed by atoms with Crippen molar-refractivity contribution < 1.29 is 9.90 Å². The Labute approximate surface area is 187 Å². The predicted octanol–water partition coefficient (Wildman–Crippen LogP) is 5.18. The van der Waals surface area contributed by atoms with E-state index in [4.69, 9.17) is 11.6 Å². The number of amides is 1. The Bertz CT molecular complexity index is 1080. The van der Waals surface area contributed by atoms with Gasteiger partial charge >= 0.3 is 0 Å². The van der Waals surface area contributed by atoms with Crippen LogP contribution in [-0.4, -0.2) is 27.8 Å². The molecule has 160 valence electrons. The second-order valence-electron chi connectivity index (χ2n) is 7.83. The zero-order valence-electron chi connectivity index (χ0n) is 17.3. The number of rotatable bonds is 5. The number of hydrogen-bond donors (Lipinski definition) is 3. The first kappa shape index (κ1) is 21.3. The van der Waals surface area contributed by atoms with E-state index in [0.29, 0.717) is 10.7 Å². The lowest BCUT2D eigenvalue weighted by molar-refractivity contribution is 0.0910. The minimum atomic E-state index is -0.476. The van der Waals surface area contributed by atoms with Crippen LogP contribution in [0.3, 0.4) is 0 Å². The van der Waals surface area contributed by atoms with Gasteiger partial charge in [0.15, 0.2) is 5.69 Å². The van der Waals surface area contributed by atoms with Gasteiger partial charge in [-0.1, -0.05) is 60.5 Å². The van der Waals surface area contributed by atoms with Crippen LogP contribution in [0.25, 0.3) is 11.6 Å². The summed E-state index contributed by atoms with van der Waals surface area (Å²) in [4.78, 5) is 13.1. The summed E-state index contributed by atoms with van der Waals surface area (Å²) in [6.07, 6.45) is 7.02. The number of nitrogens with zero attached hydrogens (tertiary/aromatic N) is 1. The molecule has 3 N–H and O–H groups in total. The molecule has 6 heteroatoms. The standard InChI is InChI=1S/C25H26ClN3O2/c26-20-12-7-8-17(15-20)14-19-11-5-2-6-13-21-23(19)28-29-24(21)25(31)27-22(16-30)18-9-3-1-4-10-18/h1,3-4,7-10,12,14-15,22,30H,2,5-6,11,13,16H2,(H,27,31)(H,28,29)/b19-14+/t22-/m1/s1. The van der Waals surface area contributed by atoms with Crippen molar-refractivity contribution in [3.8, 4) is 0 Å². The number of halogens is 1. The molecule has 0 fully saturated rings. The van der Waals surface area contributed by atoms with Crippen molar-refractivity contribution in [2.45, 2.75) is 38.1 Å². The number of carbonyl (C=O) groups excluding carboxylic acids is 1. The molecule has 1 aromatic heterocycles. The normalized spacial score (nSPS) is 16.3. The largest absolute Gasteiger partial charge is 0.394 e. The first-order valence-corrected chi connectivity index (χ1v) is 11.0. The Morgan fingerprint density at radius 2 is 1.94 bits per heavy atom. The Hall–Kier alpha value is -2.89. The van der Waals surface area contributed by atoms with Gasteiger partial charge in [0, 0.05) is 10.6 Å². The lowest BCUT2D eigenvalue weighted by Gasteiger charge is -2.17. The minimum Gasteiger partial charge on any atom is -0.394 e. The highest BCUT2D eigenvalue weighted by Crippen LogP contribution is 2.31. The zero-order chi connectivity index (χ0) is 21.6. The molecule has 0 saturated heterocycles. The van der Waals surface area contributed by atoms with Gasteiger partial charge in [-0.2, -0.15) is 5.10 Å². The summed E-state index contributed by atoms with van der Waals surface area (Å²) in [5, 5.41) is 20.9. The topological polar surface area (TPSA) is 78.0 Å². The van der Waals surface area contributed by atoms with Crippen molar-refractivity contribution in [3.05, 3.63) is 87.7 Å². The second-order valence-corrected chi connectivity index (χ2v) is 8.27. The fraction of sp³-hybridized carbons (Fsp3) is 0.280. The highest BCUT2D eigenvalue weighted by atomic mass is 35.5. The molecule has 1 heterocycles. The first-order valence-electron chi connectivity index (χ1n) is 10.7. The van der Waals surface area contributed by atoms with Crippen molar-refractivity contribution in [2.75, 3.05) is 6.61 Å². The van der Waals surface area contributed by atoms with Crippen LogP contribution >= 0.6 is 11.6 Å². The predicted molar refractivity (Wildman–Crippen MR) is 124 cm³/mol. The number of aromatic nitrogens is 2. The fourth-order valence-electron chi connectivity index (χ4n) is 4.07. The van der Waals surface area contributed by atoms with E-state index in [2.05, 4.69) is 21.6 Å². The fourth-order valence-corrected chi connectivity index (χ4v) is 4.27. The lowest BCUT2D eigenvalue weighted by Crippen LogP contribution is -2.31. The maximum atomic E-state index is 13.1. The van der Waals surface area contributed by atoms with Gasteiger partial charge in [0.25, 0.3) is 5.91 Å². The van der Waals surface area contributed by atoms with Crippen molar-refractivity contribution in [1.82, 2.24) is 15.5 Å². The molecule has 1 amide bonds. The number of H-pyrrole nitrogens is 1. The average Bonchev–Trinajstić information content (AvgIpc) is 3.18. The number of benzene rings is 2. The molecular formula is C25H26ClN3O2. The monoisotopic (exact) mass is 435 g/mol. The number of fused-ring (bicyclic) bond motifs is 1. The number of aliphatic hydroxyl groups is 1. The molecule has 0 radical (unpaired) electrons. The third-order valence-corrected chi connectivity index (χ3v) is 5.89. The number of carbonyl (C=O) groups is 1. The minimum absolute atomic E-state index is 0.178. The Kier molecular flexibility index (Phi) is 6.85. The molecule has 1 aliphatic rings. The van der Waals surface area contributed by atoms with Gasteiger partial charge in [0.1, 0.15) is 0 Å². The maximum Gasteiger partial charge on any atom is 0.272 e. The van der Waals surface area contributed by atoms with E-state index < -0.39 is 6.04 Å². The molecule has 2 aromatic carbocycles. The number of nitrogens with one attached hydrogen (secondary N) is 2. The van der Waals surface area contributed by atoms with E-state index in [0.717, 1.165) is 60.1 Å². The summed E-state index contributed by atoms with van der Waals surface area (Å²) < 4.78 is 0. The average molecular weight is 436 g/mol. The van der Waals surface area contributed by atoms with Gasteiger partial charge in [-0.3, -0.25) is 9.89 Å². The molecular weight excluding hydrogens is 410 g/mol. The summed E-state index contributed by atoms with van der Waals surface area (Å²) >= 11 is 6.16. The lowest BCUT2D eigenvalue weighted by atomic mass is 9.92. The molecule has 3 aromatic rings. The summed E-state index contributed by atoms with van der Waals surface area (Å²) in [6.45, 7) is -0.178. The van der Waals surface area contributed by atoms with Gasteiger partial charge in [0.05, 0.1) is 18.3 Å². The van der Waals surface area contributed by atoms with Crippen molar-refractivity contribution in [2.24, 2.45) is 0 Å². The first-order chi connectivity index (χ1) is 15.2. The van der Waals surface area contributed by atoms with Crippen LogP contribution < -0.4 is 5.32 Å². The molecule has 0 bridgehead atoms. The molecule has 0 unspecified atom stereocenters. The highest BCUT2D eigenvalue weighted by Gasteiger charge is 2.24. The van der Waals surface area contributed by atoms with Gasteiger partial charge in [-0.05, 0) is 60.6 Å². The quantitative estimate of drug-likeness (QED) is 0.516. The van der Waals surface area contributed by atoms with Crippen molar-refractivity contribution in [1.29, 1.82) is 0 Å². The Morgan fingerprint density at radius 1 is 1.13 bits per heavy atom. The zero-order valence-corrected chi connectivity index (χ0v) is 18.0. The van der Waals surface area contributed by atoms with E-state index >= 15 is 0 Å². The molecule has 1 atom stereocenters. The molecule has 0 spiro atoms. The van der Waals surface area contributed by atoms with E-state index in [-0.39, 0.29) is 12.5 Å². The molecule has 1 aliphatic carbocycles. The number of aliphatic hydroxyl groups excluding tert-OH is 1. The molecule has 4 rings (SSSR count). The smallest absolute Gasteiger partial charge is 0.272 e. The summed E-state index contributed by atoms with van der Waals surface area (Å²) in [7, 11) is 0. The van der Waals surface area contributed by atoms with Crippen LogP contribution in [0.15, 0.2) is 54.6 Å². The number of allylic oxidation sites excluding steroid dienone is 1. The van der Waals surface area contributed by atoms with Crippen LogP contribution in [0.5, 0.6) is 0 Å². The van der Waals surface area contributed by atoms with Crippen LogP contribution in [0.4, 0.5) is 0 Å². The SMILES string of the molecule is O=C(N[C@H](CO)c1ccccc1)c1n[nH]c2c1CCCCC/C2=C\c1cccc(Cl)c1. The van der Waals surface area contributed by atoms with Crippen LogP contribution in [-0.2, 0) is 6.42 Å². The summed E-state index contributed by atoms with van der Waals surface area (Å²) in [5.41, 5.74) is 5.28. The third kappa shape index (κ3) is 5.06. The molecule has 5 nitrogen and oxygen atoms in total. The molecule has 0 aliphatic heterocycles. The van der Waals surface area contributed by atoms with E-state index in [1.54, 1.807) is 0 Å². The summed E-state index contributed by atoms with van der Waals surface area (Å²) in [6, 6.07) is 16.7. The Balaban J connectivity index is 1.64. The van der Waals surface area contributed by atoms with Crippen molar-refractivity contribution in [3.63, 3.8) is 0 Å². The maximum absolute atomic E-state index is 13.1. The van der Waals surface area contributed by atoms with E-state index in [1.807, 2.05) is 54.6 Å². The van der Waals surface area contributed by atoms with Gasteiger partial charge in [-0.15, -0.1) is 0 Å². The highest BCUT2D eigenvalue weighted by molar-refractivity contribution is 6.30. The second kappa shape index (κ2) is 9.94. The third-order valence-electron chi connectivity index (χ3n) is 5.66. The van der Waals surface area contributed by atoms with Gasteiger partial charge < -0.3 is 10.4 Å². The van der Waals surface area contributed by atoms with E-state index in [1.165, 1.54) is 0 Å². The molecule has 0 saturated carbocycles. The van der Waals surface area contributed by atoms with Crippen LogP contribution in [0.2, 0.25) is 5.02 Å². The van der Waals surface area contributed by atoms with Crippen molar-refractivity contribution >= 4 is 29.2 Å². The van der Waals surface area contributed by atoms with Gasteiger partial charge in [0.2, 0.25) is 0 Å².